The van der Waals surface area contributed by atoms with Crippen LogP contribution < -0.4 is 5.14 Å². The van der Waals surface area contributed by atoms with Crippen LogP contribution in [0.1, 0.15) is 5.56 Å². The Morgan fingerprint density at radius 2 is 1.73 bits per heavy atom. The SMILES string of the molecule is NS(=O)(=O)c1cc(-c2ccc(F)cc2)cc(C(Cl)(Cl)Cl)c1-n1cccn1. The van der Waals surface area contributed by atoms with E-state index in [1.165, 1.54) is 53.5 Å². The third-order valence-electron chi connectivity index (χ3n) is 3.60. The summed E-state index contributed by atoms with van der Waals surface area (Å²) >= 11 is 18.2. The van der Waals surface area contributed by atoms with Gasteiger partial charge in [0, 0.05) is 18.0 Å². The van der Waals surface area contributed by atoms with Crippen molar-refractivity contribution >= 4 is 44.8 Å². The summed E-state index contributed by atoms with van der Waals surface area (Å²) in [6.45, 7) is 0. The maximum absolute atomic E-state index is 13.2. The highest BCUT2D eigenvalue weighted by Crippen LogP contribution is 2.44. The monoisotopic (exact) mass is 433 g/mol. The largest absolute Gasteiger partial charge is 0.240 e. The van der Waals surface area contributed by atoms with Crippen LogP contribution in [-0.4, -0.2) is 18.2 Å². The van der Waals surface area contributed by atoms with Crippen LogP contribution in [0.25, 0.3) is 16.8 Å². The van der Waals surface area contributed by atoms with Crippen molar-refractivity contribution < 1.29 is 12.8 Å². The van der Waals surface area contributed by atoms with Gasteiger partial charge in [0.1, 0.15) is 10.7 Å². The predicted octanol–water partition coefficient (Wildman–Crippen LogP) is 4.15. The van der Waals surface area contributed by atoms with Crippen LogP contribution in [0.2, 0.25) is 0 Å². The normalized spacial score (nSPS) is 12.3. The van der Waals surface area contributed by atoms with Crippen molar-refractivity contribution in [1.82, 2.24) is 9.78 Å². The van der Waals surface area contributed by atoms with Crippen molar-refractivity contribution in [2.75, 3.05) is 0 Å². The first-order valence-corrected chi connectivity index (χ1v) is 9.79. The summed E-state index contributed by atoms with van der Waals surface area (Å²) < 4.78 is 36.9. The Bertz CT molecular complexity index is 1050. The Morgan fingerprint density at radius 1 is 1.08 bits per heavy atom. The molecule has 2 N–H and O–H groups in total. The van der Waals surface area contributed by atoms with Gasteiger partial charge in [-0.25, -0.2) is 22.6 Å². The van der Waals surface area contributed by atoms with Crippen LogP contribution >= 0.6 is 34.8 Å². The topological polar surface area (TPSA) is 78.0 Å². The number of sulfonamides is 1. The molecule has 0 aliphatic heterocycles. The van der Waals surface area contributed by atoms with E-state index in [1.807, 2.05) is 0 Å². The molecule has 0 saturated heterocycles. The number of aromatic nitrogens is 2. The summed E-state index contributed by atoms with van der Waals surface area (Å²) in [4.78, 5) is -0.274. The molecule has 0 aliphatic rings. The van der Waals surface area contributed by atoms with Crippen LogP contribution in [-0.2, 0) is 13.8 Å². The van der Waals surface area contributed by atoms with Gasteiger partial charge in [-0.1, -0.05) is 46.9 Å². The number of primary sulfonamides is 1. The molecular weight excluding hydrogens is 424 g/mol. The van der Waals surface area contributed by atoms with Crippen LogP contribution in [0.4, 0.5) is 4.39 Å². The zero-order valence-corrected chi connectivity index (χ0v) is 16.0. The molecule has 2 aromatic carbocycles. The first-order valence-electron chi connectivity index (χ1n) is 7.11. The average Bonchev–Trinajstić information content (AvgIpc) is 3.07. The molecule has 1 heterocycles. The summed E-state index contributed by atoms with van der Waals surface area (Å²) in [6, 6.07) is 9.86. The number of nitrogens with two attached hydrogens (primary N) is 1. The van der Waals surface area contributed by atoms with Gasteiger partial charge in [-0.3, -0.25) is 0 Å². The third-order valence-corrected chi connectivity index (χ3v) is 5.13. The number of benzene rings is 2. The zero-order chi connectivity index (χ0) is 19.1. The zero-order valence-electron chi connectivity index (χ0n) is 12.9. The standard InChI is InChI=1S/C16H11Cl3FN3O2S/c17-16(18,19)13-8-11(10-2-4-12(20)5-3-10)9-14(26(21,24)25)15(13)23-7-1-6-22-23/h1-9H,(H2,21,24,25). The van der Waals surface area contributed by atoms with E-state index in [0.717, 1.165) is 0 Å². The maximum atomic E-state index is 13.2. The van der Waals surface area contributed by atoms with E-state index >= 15 is 0 Å². The van der Waals surface area contributed by atoms with Gasteiger partial charge in [0.2, 0.25) is 13.8 Å². The molecule has 0 unspecified atom stereocenters. The minimum absolute atomic E-state index is 0.0309. The quantitative estimate of drug-likeness (QED) is 0.629. The van der Waals surface area contributed by atoms with Gasteiger partial charge in [0.15, 0.2) is 0 Å². The predicted molar refractivity (Wildman–Crippen MR) is 99.6 cm³/mol. The van der Waals surface area contributed by atoms with Gasteiger partial charge in [-0.15, -0.1) is 0 Å². The molecule has 3 aromatic rings. The highest BCUT2D eigenvalue weighted by molar-refractivity contribution is 7.89. The second kappa shape index (κ2) is 6.83. The fourth-order valence-corrected chi connectivity index (χ4v) is 3.68. The number of rotatable bonds is 3. The molecule has 0 bridgehead atoms. The van der Waals surface area contributed by atoms with E-state index in [-0.39, 0.29) is 16.1 Å². The molecule has 3 rings (SSSR count). The Kier molecular flexibility index (Phi) is 5.02. The van der Waals surface area contributed by atoms with Gasteiger partial charge in [-0.05, 0) is 41.5 Å². The highest BCUT2D eigenvalue weighted by Gasteiger charge is 2.32. The molecule has 26 heavy (non-hydrogen) atoms. The molecule has 136 valence electrons. The van der Waals surface area contributed by atoms with E-state index < -0.39 is 19.6 Å². The summed E-state index contributed by atoms with van der Waals surface area (Å²) in [6.07, 6.45) is 2.95. The first kappa shape index (κ1) is 19.1. The van der Waals surface area contributed by atoms with E-state index in [1.54, 1.807) is 6.07 Å². The van der Waals surface area contributed by atoms with Crippen molar-refractivity contribution in [3.05, 3.63) is 66.2 Å². The minimum atomic E-state index is -4.19. The Labute approximate surface area is 164 Å². The molecule has 0 amide bonds. The maximum Gasteiger partial charge on any atom is 0.240 e. The highest BCUT2D eigenvalue weighted by atomic mass is 35.6. The second-order valence-electron chi connectivity index (χ2n) is 5.37. The van der Waals surface area contributed by atoms with E-state index in [0.29, 0.717) is 11.1 Å². The molecule has 5 nitrogen and oxygen atoms in total. The molecule has 0 radical (unpaired) electrons. The van der Waals surface area contributed by atoms with Crippen LogP contribution in [0.5, 0.6) is 0 Å². The van der Waals surface area contributed by atoms with Crippen molar-refractivity contribution in [3.63, 3.8) is 0 Å². The van der Waals surface area contributed by atoms with Gasteiger partial charge in [0.05, 0.1) is 5.69 Å². The molecule has 1 aromatic heterocycles. The van der Waals surface area contributed by atoms with Gasteiger partial charge in [0.25, 0.3) is 0 Å². The number of alkyl halides is 3. The van der Waals surface area contributed by atoms with Crippen molar-refractivity contribution in [2.24, 2.45) is 5.14 Å². The van der Waals surface area contributed by atoms with Crippen LogP contribution in [0.15, 0.2) is 59.8 Å². The molecule has 0 fully saturated rings. The molecule has 0 saturated carbocycles. The lowest BCUT2D eigenvalue weighted by Crippen LogP contribution is -2.19. The summed E-state index contributed by atoms with van der Waals surface area (Å²) in [5, 5.41) is 9.41. The lowest BCUT2D eigenvalue weighted by molar-refractivity contribution is 0.596. The van der Waals surface area contributed by atoms with Crippen molar-refractivity contribution in [2.45, 2.75) is 8.69 Å². The lowest BCUT2D eigenvalue weighted by Gasteiger charge is -2.21. The Hall–Kier alpha value is -1.64. The lowest BCUT2D eigenvalue weighted by atomic mass is 10.0. The molecule has 10 heteroatoms. The van der Waals surface area contributed by atoms with Crippen LogP contribution in [0, 0.1) is 5.82 Å². The average molecular weight is 435 g/mol. The molecular formula is C16H11Cl3FN3O2S. The Morgan fingerprint density at radius 3 is 2.23 bits per heavy atom. The molecule has 0 atom stereocenters. The van der Waals surface area contributed by atoms with Gasteiger partial charge >= 0.3 is 0 Å². The third kappa shape index (κ3) is 3.87. The fourth-order valence-electron chi connectivity index (χ4n) is 2.49. The molecule has 0 aliphatic carbocycles. The van der Waals surface area contributed by atoms with E-state index in [4.69, 9.17) is 39.9 Å². The number of hydrogen-bond acceptors (Lipinski definition) is 3. The van der Waals surface area contributed by atoms with Crippen LogP contribution in [0.3, 0.4) is 0 Å². The second-order valence-corrected chi connectivity index (χ2v) is 9.18. The summed E-state index contributed by atoms with van der Waals surface area (Å²) in [7, 11) is -4.19. The molecule has 0 spiro atoms. The number of halogens is 4. The van der Waals surface area contributed by atoms with Crippen molar-refractivity contribution in [3.8, 4) is 16.8 Å². The van der Waals surface area contributed by atoms with Gasteiger partial charge in [-0.2, -0.15) is 5.10 Å². The number of hydrogen-bond donors (Lipinski definition) is 1. The fraction of sp³-hybridized carbons (Fsp3) is 0.0625. The summed E-state index contributed by atoms with van der Waals surface area (Å²) in [5.74, 6) is -0.435. The van der Waals surface area contributed by atoms with E-state index in [9.17, 15) is 12.8 Å². The minimum Gasteiger partial charge on any atom is -0.239 e. The number of nitrogens with zero attached hydrogens (tertiary/aromatic N) is 2. The first-order chi connectivity index (χ1) is 12.1. The smallest absolute Gasteiger partial charge is 0.239 e. The van der Waals surface area contributed by atoms with E-state index in [2.05, 4.69) is 5.10 Å². The Balaban J connectivity index is 2.40. The van der Waals surface area contributed by atoms with Crippen molar-refractivity contribution in [1.29, 1.82) is 0 Å². The van der Waals surface area contributed by atoms with Gasteiger partial charge < -0.3 is 0 Å². The summed E-state index contributed by atoms with van der Waals surface area (Å²) in [5.41, 5.74) is 1.02.